The second-order valence-electron chi connectivity index (χ2n) is 8.12. The molecule has 156 valence electrons. The molecule has 1 aliphatic carbocycles. The van der Waals surface area contributed by atoms with Gasteiger partial charge in [0.15, 0.2) is 5.69 Å². The zero-order valence-electron chi connectivity index (χ0n) is 17.0. The van der Waals surface area contributed by atoms with E-state index in [1.807, 2.05) is 24.4 Å². The lowest BCUT2D eigenvalue weighted by Crippen LogP contribution is -2.37. The third kappa shape index (κ3) is 4.46. The Morgan fingerprint density at radius 2 is 1.93 bits per heavy atom. The van der Waals surface area contributed by atoms with E-state index >= 15 is 0 Å². The van der Waals surface area contributed by atoms with Crippen molar-refractivity contribution in [1.29, 1.82) is 4.78 Å². The average molecular weight is 423 g/mol. The second-order valence-corrected chi connectivity index (χ2v) is 10.4. The Bertz CT molecular complexity index is 1150. The number of rotatable bonds is 6. The average Bonchev–Trinajstić information content (AvgIpc) is 3.23. The number of H-pyrrole nitrogens is 1. The van der Waals surface area contributed by atoms with Gasteiger partial charge in [0.2, 0.25) is 0 Å². The summed E-state index contributed by atoms with van der Waals surface area (Å²) in [6, 6.07) is 9.48. The highest BCUT2D eigenvalue weighted by Gasteiger charge is 2.27. The molecule has 0 bridgehead atoms. The molecule has 0 saturated heterocycles. The van der Waals surface area contributed by atoms with Crippen LogP contribution in [0.4, 0.5) is 11.5 Å². The van der Waals surface area contributed by atoms with E-state index in [0.717, 1.165) is 48.1 Å². The summed E-state index contributed by atoms with van der Waals surface area (Å²) in [6.07, 6.45) is 7.44. The Hall–Kier alpha value is -2.92. The van der Waals surface area contributed by atoms with E-state index in [9.17, 15) is 4.21 Å². The molecule has 1 fully saturated rings. The Balaban J connectivity index is 1.35. The van der Waals surface area contributed by atoms with Crippen LogP contribution >= 0.6 is 0 Å². The van der Waals surface area contributed by atoms with Gasteiger partial charge in [-0.3, -0.25) is 4.78 Å². The van der Waals surface area contributed by atoms with Crippen LogP contribution in [0.3, 0.4) is 0 Å². The van der Waals surface area contributed by atoms with Crippen LogP contribution in [0.1, 0.15) is 31.2 Å². The molecular weight excluding hydrogens is 396 g/mol. The summed E-state index contributed by atoms with van der Waals surface area (Å²) >= 11 is 0. The van der Waals surface area contributed by atoms with Crippen LogP contribution in [0.15, 0.2) is 42.9 Å². The van der Waals surface area contributed by atoms with Gasteiger partial charge in [0.05, 0.1) is 17.7 Å². The number of nitrogens with zero attached hydrogens (tertiary/aromatic N) is 4. The highest BCUT2D eigenvalue weighted by atomic mass is 32.2. The molecule has 2 aromatic heterocycles. The second kappa shape index (κ2) is 8.44. The van der Waals surface area contributed by atoms with Crippen LogP contribution in [-0.2, 0) is 15.5 Å². The maximum atomic E-state index is 12.9. The van der Waals surface area contributed by atoms with Crippen LogP contribution < -0.4 is 4.90 Å². The predicted octanol–water partition coefficient (Wildman–Crippen LogP) is 4.75. The summed E-state index contributed by atoms with van der Waals surface area (Å²) in [5.41, 5.74) is 2.28. The number of aromatic amines is 1. The third-order valence-corrected chi connectivity index (χ3v) is 7.81. The number of aromatic nitrogens is 3. The Morgan fingerprint density at radius 1 is 1.20 bits per heavy atom. The normalized spacial score (nSPS) is 21.1. The first kappa shape index (κ1) is 20.4. The van der Waals surface area contributed by atoms with Crippen LogP contribution in [0.2, 0.25) is 0 Å². The summed E-state index contributed by atoms with van der Waals surface area (Å²) in [5, 5.41) is 1.03. The van der Waals surface area contributed by atoms with Crippen LogP contribution in [0.25, 0.3) is 15.9 Å². The van der Waals surface area contributed by atoms with Crippen molar-refractivity contribution in [3.8, 4) is 0 Å². The molecule has 1 aromatic carbocycles. The van der Waals surface area contributed by atoms with Crippen molar-refractivity contribution in [3.63, 3.8) is 0 Å². The molecule has 1 saturated carbocycles. The van der Waals surface area contributed by atoms with Crippen molar-refractivity contribution >= 4 is 32.3 Å². The van der Waals surface area contributed by atoms with Gasteiger partial charge < -0.3 is 9.88 Å². The molecule has 0 aliphatic heterocycles. The number of hydrogen-bond donors (Lipinski definition) is 2. The van der Waals surface area contributed by atoms with Crippen LogP contribution in [0, 0.1) is 17.3 Å². The third-order valence-electron chi connectivity index (χ3n) is 6.00. The van der Waals surface area contributed by atoms with Gasteiger partial charge in [0.1, 0.15) is 17.8 Å². The number of hydrogen-bond acceptors (Lipinski definition) is 5. The summed E-state index contributed by atoms with van der Waals surface area (Å²) in [4.78, 5) is 17.5. The lowest BCUT2D eigenvalue weighted by atomic mass is 9.86. The van der Waals surface area contributed by atoms with E-state index in [1.54, 1.807) is 18.5 Å². The molecule has 0 amide bonds. The lowest BCUT2D eigenvalue weighted by Gasteiger charge is -2.35. The Morgan fingerprint density at radius 3 is 2.63 bits per heavy atom. The first-order chi connectivity index (χ1) is 14.4. The minimum atomic E-state index is -2.68. The van der Waals surface area contributed by atoms with Crippen LogP contribution in [0.5, 0.6) is 0 Å². The van der Waals surface area contributed by atoms with Gasteiger partial charge in [-0.2, -0.15) is 0 Å². The maximum absolute atomic E-state index is 12.9. The number of nitrogens with one attached hydrogen (secondary N) is 2. The van der Waals surface area contributed by atoms with E-state index in [-0.39, 0.29) is 5.75 Å². The molecule has 2 N–H and O–H groups in total. The van der Waals surface area contributed by atoms with Gasteiger partial charge in [0.25, 0.3) is 0 Å². The zero-order valence-corrected chi connectivity index (χ0v) is 17.9. The van der Waals surface area contributed by atoms with Gasteiger partial charge in [0, 0.05) is 34.8 Å². The monoisotopic (exact) mass is 422 g/mol. The first-order valence-corrected chi connectivity index (χ1v) is 12.1. The molecule has 0 spiro atoms. The highest BCUT2D eigenvalue weighted by Crippen LogP contribution is 2.32. The van der Waals surface area contributed by atoms with Crippen molar-refractivity contribution < 1.29 is 4.21 Å². The number of fused-ring (bicyclic) bond motifs is 1. The summed E-state index contributed by atoms with van der Waals surface area (Å²) in [6.45, 7) is 7.02. The smallest absolute Gasteiger partial charge is 0.187 e. The topological polar surface area (TPSA) is 90.1 Å². The molecule has 2 heterocycles. The van der Waals surface area contributed by atoms with Crippen LogP contribution in [-0.4, -0.2) is 38.0 Å². The lowest BCUT2D eigenvalue weighted by molar-refractivity contribution is 0.342. The Kier molecular flexibility index (Phi) is 5.73. The molecule has 7 nitrogen and oxygen atoms in total. The number of benzene rings is 1. The molecule has 1 unspecified atom stereocenters. The minimum absolute atomic E-state index is 0.261. The molecule has 3 aromatic rings. The van der Waals surface area contributed by atoms with Gasteiger partial charge in [-0.05, 0) is 43.2 Å². The fraction of sp³-hybridized carbons (Fsp3) is 0.409. The molecule has 0 radical (unpaired) electrons. The Labute approximate surface area is 177 Å². The van der Waals surface area contributed by atoms with E-state index in [4.69, 9.17) is 11.4 Å². The summed E-state index contributed by atoms with van der Waals surface area (Å²) < 4.78 is 21.3. The zero-order chi connectivity index (χ0) is 21.1. The molecular formula is C22H26N6OS. The molecule has 1 atom stereocenters. The predicted molar refractivity (Wildman–Crippen MR) is 120 cm³/mol. The van der Waals surface area contributed by atoms with E-state index in [0.29, 0.717) is 23.4 Å². The largest absolute Gasteiger partial charge is 0.356 e. The van der Waals surface area contributed by atoms with Crippen molar-refractivity contribution in [2.24, 2.45) is 5.92 Å². The van der Waals surface area contributed by atoms with Crippen molar-refractivity contribution in [2.45, 2.75) is 37.5 Å². The molecule has 8 heteroatoms. The first-order valence-electron chi connectivity index (χ1n) is 10.2. The van der Waals surface area contributed by atoms with Gasteiger partial charge in [-0.15, -0.1) is 0 Å². The van der Waals surface area contributed by atoms with Crippen molar-refractivity contribution in [2.75, 3.05) is 17.7 Å². The molecule has 1 aliphatic rings. The summed E-state index contributed by atoms with van der Waals surface area (Å²) in [7, 11) is -0.597. The van der Waals surface area contributed by atoms with E-state index < -0.39 is 9.73 Å². The summed E-state index contributed by atoms with van der Waals surface area (Å²) in [5.74, 6) is 1.97. The van der Waals surface area contributed by atoms with E-state index in [1.165, 1.54) is 0 Å². The van der Waals surface area contributed by atoms with Crippen molar-refractivity contribution in [1.82, 2.24) is 15.0 Å². The maximum Gasteiger partial charge on any atom is 0.187 e. The minimum Gasteiger partial charge on any atom is -0.356 e. The fourth-order valence-corrected chi connectivity index (χ4v) is 6.33. The van der Waals surface area contributed by atoms with E-state index in [2.05, 4.69) is 31.7 Å². The van der Waals surface area contributed by atoms with Crippen molar-refractivity contribution in [3.05, 3.63) is 59.8 Å². The van der Waals surface area contributed by atoms with Gasteiger partial charge in [-0.1, -0.05) is 24.3 Å². The molecule has 4 rings (SSSR count). The quantitative estimate of drug-likeness (QED) is 0.561. The SMILES string of the molecule is [C-]#[N+]c1ccc(CS(=N)(=O)CC2CCC(N(C)c3ncnc4[nH]ccc34)CC2)cc1. The fourth-order valence-electron chi connectivity index (χ4n) is 4.39. The van der Waals surface area contributed by atoms with Gasteiger partial charge in [-0.25, -0.2) is 19.0 Å². The standard InChI is InChI=1S/C22H26N6OS/c1-24-18-7-3-16(4-8-18)13-30(23,29)14-17-5-9-19(10-6-17)28(2)22-20-11-12-25-21(20)26-15-27-22/h3-4,7-8,11-12,15,17,19,23H,5-6,9-10,13-14H2,2H3,(H,25,26,27). The molecule has 30 heavy (non-hydrogen) atoms. The number of anilines is 1. The van der Waals surface area contributed by atoms with Gasteiger partial charge >= 0.3 is 0 Å². The highest BCUT2D eigenvalue weighted by molar-refractivity contribution is 7.91.